The van der Waals surface area contributed by atoms with E-state index in [9.17, 15) is 0 Å². The van der Waals surface area contributed by atoms with Crippen molar-refractivity contribution in [1.29, 1.82) is 0 Å². The van der Waals surface area contributed by atoms with E-state index in [0.29, 0.717) is 0 Å². The maximum absolute atomic E-state index is 4.25. The molecule has 0 atom stereocenters. The van der Waals surface area contributed by atoms with E-state index in [0.717, 1.165) is 6.54 Å². The van der Waals surface area contributed by atoms with Crippen molar-refractivity contribution in [2.75, 3.05) is 0 Å². The van der Waals surface area contributed by atoms with Crippen LogP contribution in [-0.2, 0) is 6.54 Å². The highest BCUT2D eigenvalue weighted by Gasteiger charge is 2.18. The molecular formula is C8H6N2. The molecule has 2 aromatic rings. The normalized spacial score (nSPS) is 13.6. The third kappa shape index (κ3) is 0.328. The van der Waals surface area contributed by atoms with Crippen molar-refractivity contribution < 1.29 is 0 Å². The van der Waals surface area contributed by atoms with Crippen LogP contribution < -0.4 is 0 Å². The number of hydrogen-bond donors (Lipinski definition) is 0. The highest BCUT2D eigenvalue weighted by atomic mass is 15.4. The molecule has 2 aliphatic rings. The lowest BCUT2D eigenvalue weighted by Crippen LogP contribution is -2.09. The molecule has 0 N–H and O–H groups in total. The fourth-order valence-corrected chi connectivity index (χ4v) is 1.50. The lowest BCUT2D eigenvalue weighted by molar-refractivity contribution is 0.599. The molecule has 0 fully saturated rings. The molecule has 1 aromatic carbocycles. The maximum atomic E-state index is 4.25. The van der Waals surface area contributed by atoms with Crippen molar-refractivity contribution in [3.05, 3.63) is 30.0 Å². The van der Waals surface area contributed by atoms with Gasteiger partial charge >= 0.3 is 0 Å². The Morgan fingerprint density at radius 2 is 2.10 bits per heavy atom. The van der Waals surface area contributed by atoms with E-state index in [4.69, 9.17) is 0 Å². The van der Waals surface area contributed by atoms with Gasteiger partial charge in [0.15, 0.2) is 0 Å². The van der Waals surface area contributed by atoms with Gasteiger partial charge in [-0.3, -0.25) is 4.68 Å². The van der Waals surface area contributed by atoms with Crippen LogP contribution in [0.4, 0.5) is 0 Å². The Morgan fingerprint density at radius 1 is 1.30 bits per heavy atom. The molecule has 2 aliphatic heterocycles. The van der Waals surface area contributed by atoms with Crippen LogP contribution in [0.5, 0.6) is 0 Å². The zero-order valence-electron chi connectivity index (χ0n) is 5.41. The second-order valence-corrected chi connectivity index (χ2v) is 2.62. The zero-order chi connectivity index (χ0) is 6.55. The van der Waals surface area contributed by atoms with Crippen LogP contribution in [0.1, 0.15) is 5.69 Å². The van der Waals surface area contributed by atoms with Crippen LogP contribution in [0.15, 0.2) is 24.3 Å². The Kier molecular flexibility index (Phi) is 0.556. The Hall–Kier alpha value is -1.31. The molecule has 0 spiro atoms. The summed E-state index contributed by atoms with van der Waals surface area (Å²) >= 11 is 0. The molecular weight excluding hydrogens is 124 g/mol. The minimum Gasteiger partial charge on any atom is -0.258 e. The largest absolute Gasteiger partial charge is 0.258 e. The second-order valence-electron chi connectivity index (χ2n) is 2.62. The van der Waals surface area contributed by atoms with Crippen molar-refractivity contribution in [3.63, 3.8) is 0 Å². The molecule has 0 radical (unpaired) electrons. The van der Waals surface area contributed by atoms with Crippen LogP contribution >= 0.6 is 0 Å². The third-order valence-electron chi connectivity index (χ3n) is 2.03. The van der Waals surface area contributed by atoms with Gasteiger partial charge in [0.2, 0.25) is 0 Å². The number of benzene rings is 1. The van der Waals surface area contributed by atoms with Gasteiger partial charge in [0.05, 0.1) is 17.8 Å². The molecule has 48 valence electrons. The topological polar surface area (TPSA) is 17.8 Å². The standard InChI is InChI=1S/C8H6N2/c1-2-4-8-6(3-1)7-5-10(8)9-7/h1-4H,5H2. The second kappa shape index (κ2) is 1.24. The summed E-state index contributed by atoms with van der Waals surface area (Å²) in [4.78, 5) is 0. The fourth-order valence-electron chi connectivity index (χ4n) is 1.50. The Morgan fingerprint density at radius 3 is 2.90 bits per heavy atom. The smallest absolute Gasteiger partial charge is 0.0918 e. The van der Waals surface area contributed by atoms with Crippen molar-refractivity contribution in [2.45, 2.75) is 6.54 Å². The van der Waals surface area contributed by atoms with E-state index < -0.39 is 0 Å². The highest BCUT2D eigenvalue weighted by molar-refractivity contribution is 5.84. The molecule has 0 unspecified atom stereocenters. The van der Waals surface area contributed by atoms with E-state index in [1.807, 2.05) is 4.68 Å². The monoisotopic (exact) mass is 130 g/mol. The van der Waals surface area contributed by atoms with E-state index in [-0.39, 0.29) is 0 Å². The summed E-state index contributed by atoms with van der Waals surface area (Å²) in [5.41, 5.74) is 2.52. The molecule has 2 bridgehead atoms. The summed E-state index contributed by atoms with van der Waals surface area (Å²) < 4.78 is 2.03. The first-order valence-electron chi connectivity index (χ1n) is 3.39. The third-order valence-corrected chi connectivity index (χ3v) is 2.03. The van der Waals surface area contributed by atoms with Gasteiger partial charge in [-0.1, -0.05) is 18.2 Å². The van der Waals surface area contributed by atoms with Crippen LogP contribution in [0.2, 0.25) is 0 Å². The number of hydrogen-bond acceptors (Lipinski definition) is 1. The first kappa shape index (κ1) is 4.50. The molecule has 1 aromatic heterocycles. The lowest BCUT2D eigenvalue weighted by Gasteiger charge is -2.03. The average molecular weight is 130 g/mol. The average Bonchev–Trinajstić information content (AvgIpc) is 2.36. The number of para-hydroxylation sites is 1. The summed E-state index contributed by atoms with van der Waals surface area (Å²) in [5.74, 6) is 0. The SMILES string of the molecule is c1ccc2c(c1)c1nn2C1. The minimum absolute atomic E-state index is 1.03. The van der Waals surface area contributed by atoms with Gasteiger partial charge in [0, 0.05) is 5.39 Å². The van der Waals surface area contributed by atoms with Gasteiger partial charge < -0.3 is 0 Å². The van der Waals surface area contributed by atoms with E-state index in [2.05, 4.69) is 29.4 Å². The molecule has 2 heteroatoms. The molecule has 2 nitrogen and oxygen atoms in total. The highest BCUT2D eigenvalue weighted by Crippen LogP contribution is 2.26. The van der Waals surface area contributed by atoms with Crippen LogP contribution in [0.25, 0.3) is 10.9 Å². The Bertz CT molecular complexity index is 365. The molecule has 0 amide bonds. The van der Waals surface area contributed by atoms with Gasteiger partial charge in [0.25, 0.3) is 0 Å². The lowest BCUT2D eigenvalue weighted by atomic mass is 10.2. The number of rotatable bonds is 0. The van der Waals surface area contributed by atoms with Crippen LogP contribution in [0, 0.1) is 0 Å². The van der Waals surface area contributed by atoms with E-state index in [1.165, 1.54) is 16.6 Å². The molecule has 10 heavy (non-hydrogen) atoms. The van der Waals surface area contributed by atoms with Crippen LogP contribution in [0.3, 0.4) is 0 Å². The number of aromatic nitrogens is 2. The van der Waals surface area contributed by atoms with Gasteiger partial charge in [-0.2, -0.15) is 5.10 Å². The van der Waals surface area contributed by atoms with Crippen molar-refractivity contribution in [2.24, 2.45) is 0 Å². The quantitative estimate of drug-likeness (QED) is 0.449. The van der Waals surface area contributed by atoms with Crippen molar-refractivity contribution >= 4 is 10.9 Å². The van der Waals surface area contributed by atoms with Crippen LogP contribution in [-0.4, -0.2) is 9.78 Å². The molecule has 0 saturated heterocycles. The molecule has 0 aliphatic carbocycles. The van der Waals surface area contributed by atoms with Gasteiger partial charge in [-0.05, 0) is 6.07 Å². The molecule has 0 saturated carbocycles. The minimum atomic E-state index is 1.03. The van der Waals surface area contributed by atoms with E-state index in [1.54, 1.807) is 0 Å². The van der Waals surface area contributed by atoms with E-state index >= 15 is 0 Å². The summed E-state index contributed by atoms with van der Waals surface area (Å²) in [6.45, 7) is 1.03. The molecule has 4 rings (SSSR count). The fraction of sp³-hybridized carbons (Fsp3) is 0.125. The van der Waals surface area contributed by atoms with Gasteiger partial charge in [-0.25, -0.2) is 0 Å². The predicted molar refractivity (Wildman–Crippen MR) is 38.8 cm³/mol. The first-order chi connectivity index (χ1) is 4.95. The zero-order valence-corrected chi connectivity index (χ0v) is 5.41. The maximum Gasteiger partial charge on any atom is 0.0918 e. The first-order valence-corrected chi connectivity index (χ1v) is 3.39. The Balaban J connectivity index is 2.67. The summed E-state index contributed by atoms with van der Waals surface area (Å²) in [5, 5.41) is 5.57. The van der Waals surface area contributed by atoms with Gasteiger partial charge in [0.1, 0.15) is 0 Å². The van der Waals surface area contributed by atoms with Crippen molar-refractivity contribution in [3.8, 4) is 0 Å². The summed E-state index contributed by atoms with van der Waals surface area (Å²) in [6, 6.07) is 8.35. The summed E-state index contributed by atoms with van der Waals surface area (Å²) in [7, 11) is 0. The number of nitrogens with zero attached hydrogens (tertiary/aromatic N) is 2. The predicted octanol–water partition coefficient (Wildman–Crippen LogP) is 1.40. The molecule has 3 heterocycles. The van der Waals surface area contributed by atoms with Crippen molar-refractivity contribution in [1.82, 2.24) is 9.78 Å². The van der Waals surface area contributed by atoms with Gasteiger partial charge in [-0.15, -0.1) is 0 Å². The Labute approximate surface area is 58.1 Å². The summed E-state index contributed by atoms with van der Waals surface area (Å²) in [6.07, 6.45) is 0.